The predicted molar refractivity (Wildman–Crippen MR) is 118 cm³/mol. The van der Waals surface area contributed by atoms with E-state index in [4.69, 9.17) is 4.98 Å². The molecule has 3 heterocycles. The molecular weight excluding hydrogens is 390 g/mol. The molecule has 0 fully saturated rings. The Labute approximate surface area is 180 Å². The Morgan fingerprint density at radius 2 is 1.90 bits per heavy atom. The Kier molecular flexibility index (Phi) is 5.98. The van der Waals surface area contributed by atoms with Gasteiger partial charge in [-0.2, -0.15) is 0 Å². The van der Waals surface area contributed by atoms with E-state index in [1.807, 2.05) is 53.1 Å². The highest BCUT2D eigenvalue weighted by atomic mass is 16.2. The maximum atomic E-state index is 12.9. The van der Waals surface area contributed by atoms with Crippen molar-refractivity contribution in [3.63, 3.8) is 0 Å². The molecule has 4 aromatic rings. The lowest BCUT2D eigenvalue weighted by Crippen LogP contribution is -2.42. The summed E-state index contributed by atoms with van der Waals surface area (Å²) in [5.41, 5.74) is 5.15. The highest BCUT2D eigenvalue weighted by molar-refractivity contribution is 5.95. The molecule has 1 amide bonds. The predicted octanol–water partition coefficient (Wildman–Crippen LogP) is 3.67. The van der Waals surface area contributed by atoms with Gasteiger partial charge in [0.05, 0.1) is 6.54 Å². The number of aromatic nitrogens is 5. The largest absolute Gasteiger partial charge is 0.310 e. The standard InChI is InChI=1S/C23H23N7O/c1-17(2)29-16-25-27-22(29)20-11-6-12-21(26-20)30(15-18-8-7-13-24-14-18)28-23(31)19-9-4-3-5-10-19/h3-14,16-17H,15H2,1-2H3,(H,28,31). The molecule has 0 bridgehead atoms. The molecule has 156 valence electrons. The van der Waals surface area contributed by atoms with Crippen molar-refractivity contribution in [1.29, 1.82) is 0 Å². The minimum atomic E-state index is -0.220. The van der Waals surface area contributed by atoms with E-state index >= 15 is 0 Å². The first-order valence-electron chi connectivity index (χ1n) is 10.0. The van der Waals surface area contributed by atoms with Crippen LogP contribution in [0, 0.1) is 0 Å². The van der Waals surface area contributed by atoms with Crippen LogP contribution in [0.4, 0.5) is 5.82 Å². The summed E-state index contributed by atoms with van der Waals surface area (Å²) < 4.78 is 1.96. The number of nitrogens with zero attached hydrogens (tertiary/aromatic N) is 6. The summed E-state index contributed by atoms with van der Waals surface area (Å²) >= 11 is 0. The van der Waals surface area contributed by atoms with Gasteiger partial charge >= 0.3 is 0 Å². The van der Waals surface area contributed by atoms with Gasteiger partial charge in [-0.1, -0.05) is 30.3 Å². The zero-order chi connectivity index (χ0) is 21.6. The number of amides is 1. The Bertz CT molecular complexity index is 1140. The van der Waals surface area contributed by atoms with Gasteiger partial charge in [0.1, 0.15) is 17.8 Å². The van der Waals surface area contributed by atoms with Gasteiger partial charge in [-0.3, -0.25) is 20.2 Å². The summed E-state index contributed by atoms with van der Waals surface area (Å²) in [6, 6.07) is 18.7. The molecule has 0 aliphatic rings. The number of hydrazine groups is 1. The van der Waals surface area contributed by atoms with Gasteiger partial charge in [0.15, 0.2) is 5.82 Å². The third-order valence-corrected chi connectivity index (χ3v) is 4.71. The van der Waals surface area contributed by atoms with Crippen LogP contribution < -0.4 is 10.4 Å². The molecule has 1 aromatic carbocycles. The van der Waals surface area contributed by atoms with Crippen LogP contribution in [0.25, 0.3) is 11.5 Å². The molecule has 4 rings (SSSR count). The van der Waals surface area contributed by atoms with Crippen molar-refractivity contribution in [3.05, 3.63) is 90.5 Å². The molecule has 0 atom stereocenters. The Morgan fingerprint density at radius 1 is 1.06 bits per heavy atom. The Morgan fingerprint density at radius 3 is 2.65 bits per heavy atom. The highest BCUT2D eigenvalue weighted by Gasteiger charge is 2.17. The van der Waals surface area contributed by atoms with Crippen LogP contribution in [0.5, 0.6) is 0 Å². The van der Waals surface area contributed by atoms with Crippen LogP contribution in [-0.2, 0) is 6.54 Å². The molecule has 8 nitrogen and oxygen atoms in total. The van der Waals surface area contributed by atoms with Crippen LogP contribution in [0.3, 0.4) is 0 Å². The van der Waals surface area contributed by atoms with Crippen molar-refractivity contribution >= 4 is 11.7 Å². The smallest absolute Gasteiger partial charge is 0.269 e. The molecule has 0 aliphatic heterocycles. The van der Waals surface area contributed by atoms with E-state index in [1.54, 1.807) is 35.9 Å². The van der Waals surface area contributed by atoms with E-state index < -0.39 is 0 Å². The average molecular weight is 413 g/mol. The third kappa shape index (κ3) is 4.75. The molecule has 3 aromatic heterocycles. The molecular formula is C23H23N7O. The van der Waals surface area contributed by atoms with Crippen molar-refractivity contribution in [1.82, 2.24) is 30.2 Å². The SMILES string of the molecule is CC(C)n1cnnc1-c1cccc(N(Cc2cccnc2)NC(=O)c2ccccc2)n1. The number of carbonyl (C=O) groups excluding carboxylic acids is 1. The van der Waals surface area contributed by atoms with Gasteiger partial charge < -0.3 is 4.57 Å². The van der Waals surface area contributed by atoms with Gasteiger partial charge in [-0.05, 0) is 49.7 Å². The minimum Gasteiger partial charge on any atom is -0.310 e. The van der Waals surface area contributed by atoms with Gasteiger partial charge in [-0.15, -0.1) is 10.2 Å². The second-order valence-corrected chi connectivity index (χ2v) is 7.29. The Hall–Kier alpha value is -4.07. The first-order valence-corrected chi connectivity index (χ1v) is 10.0. The van der Waals surface area contributed by atoms with Crippen molar-refractivity contribution in [2.75, 3.05) is 5.01 Å². The fourth-order valence-corrected chi connectivity index (χ4v) is 3.13. The zero-order valence-corrected chi connectivity index (χ0v) is 17.4. The number of anilines is 1. The second kappa shape index (κ2) is 9.17. The molecule has 1 N–H and O–H groups in total. The molecule has 0 saturated heterocycles. The molecule has 0 unspecified atom stereocenters. The van der Waals surface area contributed by atoms with E-state index in [2.05, 4.69) is 34.5 Å². The second-order valence-electron chi connectivity index (χ2n) is 7.29. The first kappa shape index (κ1) is 20.2. The number of nitrogens with one attached hydrogen (secondary N) is 1. The van der Waals surface area contributed by atoms with E-state index in [1.165, 1.54) is 0 Å². The van der Waals surface area contributed by atoms with Crippen LogP contribution in [0.2, 0.25) is 0 Å². The maximum Gasteiger partial charge on any atom is 0.269 e. The summed E-state index contributed by atoms with van der Waals surface area (Å²) in [5, 5.41) is 9.98. The zero-order valence-electron chi connectivity index (χ0n) is 17.4. The fourth-order valence-electron chi connectivity index (χ4n) is 3.13. The van der Waals surface area contributed by atoms with Crippen molar-refractivity contribution in [2.45, 2.75) is 26.4 Å². The molecule has 8 heteroatoms. The number of hydrogen-bond acceptors (Lipinski definition) is 6. The quantitative estimate of drug-likeness (QED) is 0.465. The van der Waals surface area contributed by atoms with Crippen molar-refractivity contribution in [2.24, 2.45) is 0 Å². The van der Waals surface area contributed by atoms with E-state index in [-0.39, 0.29) is 11.9 Å². The number of pyridine rings is 2. The van der Waals surface area contributed by atoms with Crippen LogP contribution in [-0.4, -0.2) is 30.6 Å². The van der Waals surface area contributed by atoms with E-state index in [0.29, 0.717) is 29.4 Å². The fraction of sp³-hybridized carbons (Fsp3) is 0.174. The van der Waals surface area contributed by atoms with Gasteiger partial charge in [0.25, 0.3) is 5.91 Å². The van der Waals surface area contributed by atoms with E-state index in [0.717, 1.165) is 5.56 Å². The summed E-state index contributed by atoms with van der Waals surface area (Å²) in [6.45, 7) is 4.52. The summed E-state index contributed by atoms with van der Waals surface area (Å²) in [4.78, 5) is 21.8. The third-order valence-electron chi connectivity index (χ3n) is 4.71. The van der Waals surface area contributed by atoms with Crippen LogP contribution in [0.15, 0.2) is 79.4 Å². The topological polar surface area (TPSA) is 88.8 Å². The molecule has 0 radical (unpaired) electrons. The van der Waals surface area contributed by atoms with Gasteiger partial charge in [0, 0.05) is 24.0 Å². The minimum absolute atomic E-state index is 0.194. The molecule has 0 aliphatic carbocycles. The lowest BCUT2D eigenvalue weighted by Gasteiger charge is -2.25. The van der Waals surface area contributed by atoms with Crippen LogP contribution in [0.1, 0.15) is 35.8 Å². The van der Waals surface area contributed by atoms with Gasteiger partial charge in [-0.25, -0.2) is 4.98 Å². The summed E-state index contributed by atoms with van der Waals surface area (Å²) in [7, 11) is 0. The Balaban J connectivity index is 1.68. The van der Waals surface area contributed by atoms with E-state index in [9.17, 15) is 4.79 Å². The van der Waals surface area contributed by atoms with Crippen molar-refractivity contribution in [3.8, 4) is 11.5 Å². The van der Waals surface area contributed by atoms with Gasteiger partial charge in [0.2, 0.25) is 0 Å². The molecule has 0 spiro atoms. The number of rotatable bonds is 7. The first-order chi connectivity index (χ1) is 15.1. The lowest BCUT2D eigenvalue weighted by molar-refractivity contribution is 0.0948. The molecule has 31 heavy (non-hydrogen) atoms. The number of hydrogen-bond donors (Lipinski definition) is 1. The number of carbonyl (C=O) groups is 1. The summed E-state index contributed by atoms with van der Waals surface area (Å²) in [6.07, 6.45) is 5.17. The van der Waals surface area contributed by atoms with Crippen LogP contribution >= 0.6 is 0 Å². The monoisotopic (exact) mass is 413 g/mol. The lowest BCUT2D eigenvalue weighted by atomic mass is 10.2. The number of benzene rings is 1. The van der Waals surface area contributed by atoms with Crippen molar-refractivity contribution < 1.29 is 4.79 Å². The summed E-state index contributed by atoms with van der Waals surface area (Å²) in [5.74, 6) is 1.04. The maximum absolute atomic E-state index is 12.9. The average Bonchev–Trinajstić information content (AvgIpc) is 3.30. The molecule has 0 saturated carbocycles. The highest BCUT2D eigenvalue weighted by Crippen LogP contribution is 2.22. The normalized spacial score (nSPS) is 10.8.